The molecule has 0 saturated heterocycles. The number of nitrogens with two attached hydrogens (primary N) is 1. The third kappa shape index (κ3) is 3.01. The summed E-state index contributed by atoms with van der Waals surface area (Å²) in [6.45, 7) is 4.52. The Bertz CT molecular complexity index is 405. The lowest BCUT2D eigenvalue weighted by Gasteiger charge is -2.31. The fourth-order valence-electron chi connectivity index (χ4n) is 2.42. The lowest BCUT2D eigenvalue weighted by atomic mass is 9.87. The highest BCUT2D eigenvalue weighted by molar-refractivity contribution is 7.99. The van der Waals surface area contributed by atoms with Crippen LogP contribution in [0.5, 0.6) is 5.75 Å². The van der Waals surface area contributed by atoms with E-state index in [1.165, 1.54) is 23.3 Å². The predicted molar refractivity (Wildman–Crippen MR) is 79.3 cm³/mol. The first-order valence-corrected chi connectivity index (χ1v) is 7.70. The van der Waals surface area contributed by atoms with Crippen molar-refractivity contribution in [2.45, 2.75) is 38.0 Å². The van der Waals surface area contributed by atoms with Crippen molar-refractivity contribution in [2.24, 2.45) is 11.7 Å². The molecule has 3 heteroatoms. The molecule has 2 atom stereocenters. The number of hydrogen-bond donors (Lipinski definition) is 1. The number of ether oxygens (including phenoxy) is 1. The van der Waals surface area contributed by atoms with Gasteiger partial charge in [-0.05, 0) is 47.8 Å². The summed E-state index contributed by atoms with van der Waals surface area (Å²) in [4.78, 5) is 0. The lowest BCUT2D eigenvalue weighted by molar-refractivity contribution is 0.412. The number of hydrogen-bond acceptors (Lipinski definition) is 3. The molecule has 0 amide bonds. The summed E-state index contributed by atoms with van der Waals surface area (Å²) < 4.78 is 5.30. The van der Waals surface area contributed by atoms with Gasteiger partial charge in [0.15, 0.2) is 0 Å². The van der Waals surface area contributed by atoms with Crippen molar-refractivity contribution in [3.8, 4) is 5.75 Å². The minimum Gasteiger partial charge on any atom is -0.497 e. The van der Waals surface area contributed by atoms with Gasteiger partial charge in [0.1, 0.15) is 5.75 Å². The Kier molecular flexibility index (Phi) is 4.57. The van der Waals surface area contributed by atoms with Crippen molar-refractivity contribution in [3.63, 3.8) is 0 Å². The van der Waals surface area contributed by atoms with Gasteiger partial charge in [0.2, 0.25) is 0 Å². The van der Waals surface area contributed by atoms with Crippen LogP contribution in [-0.2, 0) is 6.42 Å². The molecule has 2 N–H and O–H groups in total. The maximum Gasteiger partial charge on any atom is 0.119 e. The van der Waals surface area contributed by atoms with Crippen molar-refractivity contribution in [1.29, 1.82) is 0 Å². The SMILES string of the molecule is COc1ccc2c(c1)C(N)C(SCC(C)C)CC2. The van der Waals surface area contributed by atoms with Crippen LogP contribution < -0.4 is 10.5 Å². The summed E-state index contributed by atoms with van der Waals surface area (Å²) in [6, 6.07) is 6.46. The molecule has 0 heterocycles. The molecule has 2 nitrogen and oxygen atoms in total. The first-order chi connectivity index (χ1) is 8.61. The largest absolute Gasteiger partial charge is 0.497 e. The van der Waals surface area contributed by atoms with Crippen molar-refractivity contribution >= 4 is 11.8 Å². The van der Waals surface area contributed by atoms with E-state index in [-0.39, 0.29) is 6.04 Å². The Hall–Kier alpha value is -0.670. The molecule has 0 spiro atoms. The molecular formula is C15H23NOS. The van der Waals surface area contributed by atoms with Gasteiger partial charge < -0.3 is 10.5 Å². The second kappa shape index (κ2) is 5.98. The molecule has 0 saturated carbocycles. The maximum atomic E-state index is 6.42. The second-order valence-electron chi connectivity index (χ2n) is 5.39. The minimum atomic E-state index is 0.146. The van der Waals surface area contributed by atoms with Crippen LogP contribution in [0.1, 0.15) is 37.4 Å². The standard InChI is InChI=1S/C15H23NOS/c1-10(2)9-18-14-7-5-11-4-6-12(17-3)8-13(11)15(14)16/h4,6,8,10,14-15H,5,7,9,16H2,1-3H3. The predicted octanol–water partition coefficient (Wildman–Crippen LogP) is 3.40. The third-order valence-corrected chi connectivity index (χ3v) is 5.27. The summed E-state index contributed by atoms with van der Waals surface area (Å²) >= 11 is 2.02. The summed E-state index contributed by atoms with van der Waals surface area (Å²) in [7, 11) is 1.71. The Balaban J connectivity index is 2.13. The highest BCUT2D eigenvalue weighted by atomic mass is 32.2. The number of benzene rings is 1. The summed E-state index contributed by atoms with van der Waals surface area (Å²) in [5.74, 6) is 2.84. The Morgan fingerprint density at radius 1 is 1.44 bits per heavy atom. The van der Waals surface area contributed by atoms with Crippen LogP contribution in [-0.4, -0.2) is 18.1 Å². The summed E-state index contributed by atoms with van der Waals surface area (Å²) in [5.41, 5.74) is 9.10. The van der Waals surface area contributed by atoms with E-state index < -0.39 is 0 Å². The molecular weight excluding hydrogens is 242 g/mol. The van der Waals surface area contributed by atoms with Gasteiger partial charge >= 0.3 is 0 Å². The molecule has 0 fully saturated rings. The zero-order valence-corrected chi connectivity index (χ0v) is 12.3. The van der Waals surface area contributed by atoms with E-state index in [9.17, 15) is 0 Å². The van der Waals surface area contributed by atoms with E-state index in [0.29, 0.717) is 5.25 Å². The van der Waals surface area contributed by atoms with Crippen LogP contribution in [0.3, 0.4) is 0 Å². The molecule has 2 rings (SSSR count). The highest BCUT2D eigenvalue weighted by Crippen LogP contribution is 2.37. The quantitative estimate of drug-likeness (QED) is 0.906. The first-order valence-electron chi connectivity index (χ1n) is 6.65. The Labute approximate surface area is 114 Å². The van der Waals surface area contributed by atoms with E-state index in [1.807, 2.05) is 17.8 Å². The van der Waals surface area contributed by atoms with Crippen molar-refractivity contribution in [2.75, 3.05) is 12.9 Å². The number of methoxy groups -OCH3 is 1. The monoisotopic (exact) mass is 265 g/mol. The van der Waals surface area contributed by atoms with Gasteiger partial charge in [0.05, 0.1) is 7.11 Å². The van der Waals surface area contributed by atoms with E-state index in [1.54, 1.807) is 7.11 Å². The molecule has 100 valence electrons. The number of fused-ring (bicyclic) bond motifs is 1. The number of aryl methyl sites for hydroxylation is 1. The van der Waals surface area contributed by atoms with E-state index in [4.69, 9.17) is 10.5 Å². The first kappa shape index (κ1) is 13.8. The lowest BCUT2D eigenvalue weighted by Crippen LogP contribution is -2.30. The molecule has 0 radical (unpaired) electrons. The second-order valence-corrected chi connectivity index (χ2v) is 6.67. The smallest absolute Gasteiger partial charge is 0.119 e. The van der Waals surface area contributed by atoms with E-state index in [2.05, 4.69) is 26.0 Å². The molecule has 1 aromatic carbocycles. The summed E-state index contributed by atoms with van der Waals surface area (Å²) in [6.07, 6.45) is 2.33. The molecule has 0 aromatic heterocycles. The molecule has 0 aliphatic heterocycles. The molecule has 1 aliphatic carbocycles. The van der Waals surface area contributed by atoms with Gasteiger partial charge in [-0.25, -0.2) is 0 Å². The fraction of sp³-hybridized carbons (Fsp3) is 0.600. The average Bonchev–Trinajstić information content (AvgIpc) is 2.37. The molecule has 2 unspecified atom stereocenters. The van der Waals surface area contributed by atoms with E-state index >= 15 is 0 Å². The van der Waals surface area contributed by atoms with Gasteiger partial charge in [-0.3, -0.25) is 0 Å². The summed E-state index contributed by atoms with van der Waals surface area (Å²) in [5, 5.41) is 0.548. The zero-order valence-electron chi connectivity index (χ0n) is 11.5. The van der Waals surface area contributed by atoms with Gasteiger partial charge in [-0.2, -0.15) is 11.8 Å². The minimum absolute atomic E-state index is 0.146. The van der Waals surface area contributed by atoms with Gasteiger partial charge in [0.25, 0.3) is 0 Å². The topological polar surface area (TPSA) is 35.2 Å². The van der Waals surface area contributed by atoms with Gasteiger partial charge in [0, 0.05) is 11.3 Å². The third-order valence-electron chi connectivity index (χ3n) is 3.45. The van der Waals surface area contributed by atoms with Crippen LogP contribution >= 0.6 is 11.8 Å². The molecule has 1 aromatic rings. The molecule has 0 bridgehead atoms. The van der Waals surface area contributed by atoms with Crippen LogP contribution in [0.2, 0.25) is 0 Å². The van der Waals surface area contributed by atoms with Crippen LogP contribution in [0.25, 0.3) is 0 Å². The Morgan fingerprint density at radius 2 is 2.22 bits per heavy atom. The van der Waals surface area contributed by atoms with Crippen molar-refractivity contribution in [3.05, 3.63) is 29.3 Å². The van der Waals surface area contributed by atoms with Gasteiger partial charge in [-0.15, -0.1) is 0 Å². The Morgan fingerprint density at radius 3 is 2.89 bits per heavy atom. The average molecular weight is 265 g/mol. The van der Waals surface area contributed by atoms with Crippen molar-refractivity contribution < 1.29 is 4.74 Å². The number of thioether (sulfide) groups is 1. The van der Waals surface area contributed by atoms with Crippen LogP contribution in [0, 0.1) is 5.92 Å². The number of rotatable bonds is 4. The molecule has 1 aliphatic rings. The zero-order chi connectivity index (χ0) is 13.1. The normalized spacial score (nSPS) is 22.9. The van der Waals surface area contributed by atoms with Gasteiger partial charge in [-0.1, -0.05) is 19.9 Å². The van der Waals surface area contributed by atoms with Crippen LogP contribution in [0.4, 0.5) is 0 Å². The van der Waals surface area contributed by atoms with Crippen LogP contribution in [0.15, 0.2) is 18.2 Å². The fourth-order valence-corrected chi connectivity index (χ4v) is 3.69. The van der Waals surface area contributed by atoms with E-state index in [0.717, 1.165) is 18.1 Å². The highest BCUT2D eigenvalue weighted by Gasteiger charge is 2.27. The molecule has 18 heavy (non-hydrogen) atoms. The van der Waals surface area contributed by atoms with Crippen molar-refractivity contribution in [1.82, 2.24) is 0 Å². The maximum absolute atomic E-state index is 6.42.